The molecule has 0 spiro atoms. The number of hydrogen-bond acceptors (Lipinski definition) is 6. The predicted octanol–water partition coefficient (Wildman–Crippen LogP) is 4.75. The van der Waals surface area contributed by atoms with Crippen LogP contribution >= 0.6 is 11.3 Å². The Balaban J connectivity index is 1.66. The number of nitrogens with one attached hydrogen (secondary N) is 1. The minimum absolute atomic E-state index is 0.458. The van der Waals surface area contributed by atoms with Crippen LogP contribution in [0, 0.1) is 0 Å². The Labute approximate surface area is 136 Å². The van der Waals surface area contributed by atoms with Gasteiger partial charge in [0.15, 0.2) is 10.7 Å². The first kappa shape index (κ1) is 14.0. The molecule has 2 aromatic heterocycles. The zero-order chi connectivity index (χ0) is 15.8. The monoisotopic (exact) mass is 325 g/mol. The Bertz CT molecular complexity index is 910. The molecular formula is C17H15N3O2S. The van der Waals surface area contributed by atoms with Crippen LogP contribution in [0.25, 0.3) is 21.3 Å². The van der Waals surface area contributed by atoms with Crippen molar-refractivity contribution in [3.63, 3.8) is 0 Å². The summed E-state index contributed by atoms with van der Waals surface area (Å²) in [7, 11) is 1.66. The van der Waals surface area contributed by atoms with Crippen molar-refractivity contribution in [2.75, 3.05) is 12.4 Å². The standard InChI is InChI=1S/C17H15N3O2S/c1-3-10-4-7-14-13(8-10)18-16(22-14)20-17-19-12-6-5-11(21-2)9-15(12)23-17/h4-9H,3H2,1-2H3,(H,18,19,20). The summed E-state index contributed by atoms with van der Waals surface area (Å²) in [5.74, 6) is 0.821. The van der Waals surface area contributed by atoms with Crippen molar-refractivity contribution in [2.45, 2.75) is 13.3 Å². The topological polar surface area (TPSA) is 60.2 Å². The van der Waals surface area contributed by atoms with E-state index in [1.165, 1.54) is 16.9 Å². The van der Waals surface area contributed by atoms with Gasteiger partial charge in [-0.3, -0.25) is 5.32 Å². The van der Waals surface area contributed by atoms with E-state index in [-0.39, 0.29) is 0 Å². The molecule has 0 bridgehead atoms. The molecule has 0 fully saturated rings. The lowest BCUT2D eigenvalue weighted by Crippen LogP contribution is -1.88. The summed E-state index contributed by atoms with van der Waals surface area (Å²) in [5, 5.41) is 3.89. The quantitative estimate of drug-likeness (QED) is 0.586. The fraction of sp³-hybridized carbons (Fsp3) is 0.176. The predicted molar refractivity (Wildman–Crippen MR) is 92.8 cm³/mol. The number of methoxy groups -OCH3 is 1. The van der Waals surface area contributed by atoms with Gasteiger partial charge < -0.3 is 9.15 Å². The summed E-state index contributed by atoms with van der Waals surface area (Å²) >= 11 is 1.54. The largest absolute Gasteiger partial charge is 0.497 e. The highest BCUT2D eigenvalue weighted by molar-refractivity contribution is 7.22. The van der Waals surface area contributed by atoms with E-state index in [4.69, 9.17) is 9.15 Å². The lowest BCUT2D eigenvalue weighted by Gasteiger charge is -1.96. The molecule has 1 N–H and O–H groups in total. The molecule has 0 saturated carbocycles. The van der Waals surface area contributed by atoms with Crippen LogP contribution in [0.15, 0.2) is 40.8 Å². The number of thiazole rings is 1. The Morgan fingerprint density at radius 3 is 2.87 bits per heavy atom. The van der Waals surface area contributed by atoms with Gasteiger partial charge in [0.25, 0.3) is 0 Å². The fourth-order valence-electron chi connectivity index (χ4n) is 2.42. The average Bonchev–Trinajstić information content (AvgIpc) is 3.15. The normalized spacial score (nSPS) is 11.2. The first-order chi connectivity index (χ1) is 11.2. The number of ether oxygens (including phenoxy) is 1. The lowest BCUT2D eigenvalue weighted by atomic mass is 10.1. The van der Waals surface area contributed by atoms with Crippen LogP contribution in [0.1, 0.15) is 12.5 Å². The summed E-state index contributed by atoms with van der Waals surface area (Å²) in [6, 6.07) is 12.3. The number of anilines is 2. The van der Waals surface area contributed by atoms with Gasteiger partial charge in [0.2, 0.25) is 0 Å². The minimum Gasteiger partial charge on any atom is -0.497 e. The molecule has 0 saturated heterocycles. The summed E-state index contributed by atoms with van der Waals surface area (Å²) in [6.45, 7) is 2.12. The van der Waals surface area contributed by atoms with Crippen molar-refractivity contribution in [1.29, 1.82) is 0 Å². The molecule has 0 aliphatic carbocycles. The molecule has 5 nitrogen and oxygen atoms in total. The highest BCUT2D eigenvalue weighted by Gasteiger charge is 2.10. The highest BCUT2D eigenvalue weighted by Crippen LogP contribution is 2.31. The van der Waals surface area contributed by atoms with Crippen molar-refractivity contribution < 1.29 is 9.15 Å². The molecule has 23 heavy (non-hydrogen) atoms. The number of benzene rings is 2. The summed E-state index contributed by atoms with van der Waals surface area (Å²) in [6.07, 6.45) is 0.977. The van der Waals surface area contributed by atoms with E-state index in [9.17, 15) is 0 Å². The van der Waals surface area contributed by atoms with Crippen molar-refractivity contribution in [3.05, 3.63) is 42.0 Å². The van der Waals surface area contributed by atoms with Gasteiger partial charge in [-0.15, -0.1) is 0 Å². The number of aromatic nitrogens is 2. The zero-order valence-corrected chi connectivity index (χ0v) is 13.6. The van der Waals surface area contributed by atoms with E-state index in [1.54, 1.807) is 7.11 Å². The third-order valence-electron chi connectivity index (χ3n) is 3.67. The minimum atomic E-state index is 0.458. The van der Waals surface area contributed by atoms with Gasteiger partial charge in [-0.1, -0.05) is 24.3 Å². The second-order valence-corrected chi connectivity index (χ2v) is 6.18. The zero-order valence-electron chi connectivity index (χ0n) is 12.8. The summed E-state index contributed by atoms with van der Waals surface area (Å²) in [5.41, 5.74) is 3.79. The maximum absolute atomic E-state index is 5.73. The molecule has 0 amide bonds. The molecule has 4 aromatic rings. The lowest BCUT2D eigenvalue weighted by molar-refractivity contribution is 0.415. The Kier molecular flexibility index (Phi) is 3.38. The van der Waals surface area contributed by atoms with Gasteiger partial charge >= 0.3 is 6.01 Å². The second kappa shape index (κ2) is 5.55. The molecule has 116 valence electrons. The number of fused-ring (bicyclic) bond motifs is 2. The van der Waals surface area contributed by atoms with E-state index in [0.29, 0.717) is 6.01 Å². The highest BCUT2D eigenvalue weighted by atomic mass is 32.1. The number of hydrogen-bond donors (Lipinski definition) is 1. The van der Waals surface area contributed by atoms with Gasteiger partial charge in [-0.25, -0.2) is 4.98 Å². The first-order valence-electron chi connectivity index (χ1n) is 7.36. The number of oxazole rings is 1. The van der Waals surface area contributed by atoms with Crippen molar-refractivity contribution in [3.8, 4) is 5.75 Å². The van der Waals surface area contributed by atoms with Crippen LogP contribution in [0.5, 0.6) is 5.75 Å². The van der Waals surface area contributed by atoms with Crippen molar-refractivity contribution in [1.82, 2.24) is 9.97 Å². The molecule has 0 aliphatic heterocycles. The Morgan fingerprint density at radius 1 is 1.13 bits per heavy atom. The molecular weight excluding hydrogens is 310 g/mol. The SMILES string of the molecule is CCc1ccc2oc(Nc3nc4ccc(OC)cc4s3)nc2c1. The van der Waals surface area contributed by atoms with Crippen LogP contribution in [0.4, 0.5) is 11.1 Å². The molecule has 0 unspecified atom stereocenters. The summed E-state index contributed by atoms with van der Waals surface area (Å²) in [4.78, 5) is 9.02. The third kappa shape index (κ3) is 2.61. The molecule has 0 radical (unpaired) electrons. The van der Waals surface area contributed by atoms with E-state index in [0.717, 1.165) is 38.6 Å². The van der Waals surface area contributed by atoms with Gasteiger partial charge in [-0.2, -0.15) is 4.98 Å². The fourth-order valence-corrected chi connectivity index (χ4v) is 3.31. The van der Waals surface area contributed by atoms with Gasteiger partial charge in [-0.05, 0) is 42.3 Å². The van der Waals surface area contributed by atoms with Crippen LogP contribution in [0.3, 0.4) is 0 Å². The summed E-state index contributed by atoms with van der Waals surface area (Å²) < 4.78 is 12.0. The molecule has 2 aromatic carbocycles. The maximum Gasteiger partial charge on any atom is 0.302 e. The smallest absolute Gasteiger partial charge is 0.302 e. The molecule has 0 atom stereocenters. The van der Waals surface area contributed by atoms with Crippen LogP contribution in [0.2, 0.25) is 0 Å². The van der Waals surface area contributed by atoms with Crippen molar-refractivity contribution >= 4 is 43.8 Å². The maximum atomic E-state index is 5.73. The van der Waals surface area contributed by atoms with Crippen molar-refractivity contribution in [2.24, 2.45) is 0 Å². The van der Waals surface area contributed by atoms with E-state index in [2.05, 4.69) is 28.3 Å². The Hall–Kier alpha value is -2.60. The number of nitrogens with zero attached hydrogens (tertiary/aromatic N) is 2. The number of rotatable bonds is 4. The van der Waals surface area contributed by atoms with E-state index >= 15 is 0 Å². The van der Waals surface area contributed by atoms with Crippen LogP contribution in [-0.4, -0.2) is 17.1 Å². The van der Waals surface area contributed by atoms with E-state index < -0.39 is 0 Å². The van der Waals surface area contributed by atoms with Gasteiger partial charge in [0.1, 0.15) is 11.3 Å². The molecule has 0 aliphatic rings. The van der Waals surface area contributed by atoms with E-state index in [1.807, 2.05) is 30.3 Å². The van der Waals surface area contributed by atoms with Crippen LogP contribution < -0.4 is 10.1 Å². The van der Waals surface area contributed by atoms with Gasteiger partial charge in [0, 0.05) is 0 Å². The average molecular weight is 325 g/mol. The number of aryl methyl sites for hydroxylation is 1. The first-order valence-corrected chi connectivity index (χ1v) is 8.18. The third-order valence-corrected chi connectivity index (χ3v) is 4.60. The Morgan fingerprint density at radius 2 is 2.04 bits per heavy atom. The molecule has 6 heteroatoms. The van der Waals surface area contributed by atoms with Crippen LogP contribution in [-0.2, 0) is 6.42 Å². The molecule has 4 rings (SSSR count). The molecule has 2 heterocycles. The second-order valence-electron chi connectivity index (χ2n) is 5.15. The van der Waals surface area contributed by atoms with Gasteiger partial charge in [0.05, 0.1) is 17.3 Å².